The predicted octanol–water partition coefficient (Wildman–Crippen LogP) is 2.31. The Bertz CT molecular complexity index is 915. The zero-order chi connectivity index (χ0) is 20.8. The summed E-state index contributed by atoms with van der Waals surface area (Å²) in [5.41, 5.74) is 2.30. The van der Waals surface area contributed by atoms with Crippen LogP contribution in [0.3, 0.4) is 0 Å². The molecule has 2 N–H and O–H groups in total. The standard InChI is InChI=1S/C23H28N4O3/c1-24-23(26-14-19-16-29-20-8-2-3-9-21(20)30-19)25-13-17-6-4-7-18(12-17)15-27-11-5-10-22(27)28/h2-4,6-9,12,19H,5,10-11,13-16H2,1H3,(H2,24,25,26). The van der Waals surface area contributed by atoms with E-state index in [2.05, 4.69) is 33.8 Å². The van der Waals surface area contributed by atoms with Crippen LogP contribution < -0.4 is 20.1 Å². The van der Waals surface area contributed by atoms with E-state index in [1.807, 2.05) is 35.2 Å². The summed E-state index contributed by atoms with van der Waals surface area (Å²) in [4.78, 5) is 18.1. The van der Waals surface area contributed by atoms with Crippen molar-refractivity contribution in [2.75, 3.05) is 26.7 Å². The minimum absolute atomic E-state index is 0.0835. The van der Waals surface area contributed by atoms with Crippen molar-refractivity contribution in [3.8, 4) is 11.5 Å². The van der Waals surface area contributed by atoms with Crippen molar-refractivity contribution in [1.82, 2.24) is 15.5 Å². The molecule has 158 valence electrons. The van der Waals surface area contributed by atoms with Gasteiger partial charge >= 0.3 is 0 Å². The van der Waals surface area contributed by atoms with Gasteiger partial charge in [-0.25, -0.2) is 0 Å². The van der Waals surface area contributed by atoms with E-state index >= 15 is 0 Å². The third-order valence-electron chi connectivity index (χ3n) is 5.28. The summed E-state index contributed by atoms with van der Waals surface area (Å²) >= 11 is 0. The Balaban J connectivity index is 1.26. The molecule has 7 heteroatoms. The number of hydrogen-bond acceptors (Lipinski definition) is 4. The number of guanidine groups is 1. The lowest BCUT2D eigenvalue weighted by Gasteiger charge is -2.27. The zero-order valence-electron chi connectivity index (χ0n) is 17.3. The first-order valence-electron chi connectivity index (χ1n) is 10.4. The Kier molecular flexibility index (Phi) is 6.37. The van der Waals surface area contributed by atoms with E-state index in [0.29, 0.717) is 38.6 Å². The Morgan fingerprint density at radius 2 is 1.97 bits per heavy atom. The first-order chi connectivity index (χ1) is 14.7. The molecular weight excluding hydrogens is 380 g/mol. The van der Waals surface area contributed by atoms with Gasteiger partial charge in [-0.3, -0.25) is 9.79 Å². The average Bonchev–Trinajstić information content (AvgIpc) is 3.18. The van der Waals surface area contributed by atoms with Crippen molar-refractivity contribution in [2.45, 2.75) is 32.0 Å². The predicted molar refractivity (Wildman–Crippen MR) is 116 cm³/mol. The van der Waals surface area contributed by atoms with Gasteiger partial charge in [0.05, 0.1) is 6.54 Å². The topological polar surface area (TPSA) is 75.2 Å². The molecule has 1 saturated heterocycles. The van der Waals surface area contributed by atoms with Gasteiger partial charge in [-0.05, 0) is 29.7 Å². The molecule has 7 nitrogen and oxygen atoms in total. The molecule has 2 heterocycles. The molecule has 2 aromatic carbocycles. The monoisotopic (exact) mass is 408 g/mol. The fourth-order valence-electron chi connectivity index (χ4n) is 3.71. The Morgan fingerprint density at radius 1 is 1.13 bits per heavy atom. The third-order valence-corrected chi connectivity index (χ3v) is 5.28. The number of fused-ring (bicyclic) bond motifs is 1. The SMILES string of the molecule is CN=C(NCc1cccc(CN2CCCC2=O)c1)NCC1COc2ccccc2O1. The molecule has 30 heavy (non-hydrogen) atoms. The minimum Gasteiger partial charge on any atom is -0.486 e. The summed E-state index contributed by atoms with van der Waals surface area (Å²) < 4.78 is 11.7. The molecule has 1 fully saturated rings. The van der Waals surface area contributed by atoms with E-state index in [1.54, 1.807) is 7.05 Å². The van der Waals surface area contributed by atoms with Crippen molar-refractivity contribution >= 4 is 11.9 Å². The molecule has 4 rings (SSSR count). The van der Waals surface area contributed by atoms with Gasteiger partial charge < -0.3 is 25.0 Å². The normalized spacial score (nSPS) is 18.4. The van der Waals surface area contributed by atoms with Gasteiger partial charge in [-0.1, -0.05) is 36.4 Å². The summed E-state index contributed by atoms with van der Waals surface area (Å²) in [6.07, 6.45) is 1.55. The highest BCUT2D eigenvalue weighted by Gasteiger charge is 2.21. The highest BCUT2D eigenvalue weighted by Crippen LogP contribution is 2.30. The third kappa shape index (κ3) is 5.03. The number of amides is 1. The van der Waals surface area contributed by atoms with E-state index in [0.717, 1.165) is 35.6 Å². The highest BCUT2D eigenvalue weighted by molar-refractivity contribution is 5.79. The number of benzene rings is 2. The van der Waals surface area contributed by atoms with Crippen LogP contribution in [0, 0.1) is 0 Å². The maximum absolute atomic E-state index is 11.9. The fourth-order valence-corrected chi connectivity index (χ4v) is 3.71. The number of nitrogens with one attached hydrogen (secondary N) is 2. The van der Waals surface area contributed by atoms with Crippen LogP contribution >= 0.6 is 0 Å². The lowest BCUT2D eigenvalue weighted by Crippen LogP contribution is -2.45. The van der Waals surface area contributed by atoms with Crippen molar-refractivity contribution in [2.24, 2.45) is 4.99 Å². The quantitative estimate of drug-likeness (QED) is 0.567. The van der Waals surface area contributed by atoms with Gasteiger partial charge in [-0.2, -0.15) is 0 Å². The van der Waals surface area contributed by atoms with Gasteiger partial charge in [0.2, 0.25) is 5.91 Å². The van der Waals surface area contributed by atoms with E-state index in [1.165, 1.54) is 0 Å². The second-order valence-corrected chi connectivity index (χ2v) is 7.54. The van der Waals surface area contributed by atoms with Gasteiger partial charge in [0.15, 0.2) is 17.5 Å². The van der Waals surface area contributed by atoms with E-state index < -0.39 is 0 Å². The summed E-state index contributed by atoms with van der Waals surface area (Å²) in [7, 11) is 1.75. The van der Waals surface area contributed by atoms with Crippen molar-refractivity contribution in [1.29, 1.82) is 0 Å². The molecular formula is C23H28N4O3. The lowest BCUT2D eigenvalue weighted by atomic mass is 10.1. The number of likely N-dealkylation sites (tertiary alicyclic amines) is 1. The fraction of sp³-hybridized carbons (Fsp3) is 0.391. The number of para-hydroxylation sites is 2. The van der Waals surface area contributed by atoms with Gasteiger partial charge in [0.25, 0.3) is 0 Å². The number of rotatable bonds is 6. The first kappa shape index (κ1) is 20.1. The lowest BCUT2D eigenvalue weighted by molar-refractivity contribution is -0.128. The van der Waals surface area contributed by atoms with Crippen LogP contribution in [0.1, 0.15) is 24.0 Å². The number of carbonyl (C=O) groups is 1. The van der Waals surface area contributed by atoms with Crippen molar-refractivity contribution in [3.63, 3.8) is 0 Å². The number of ether oxygens (including phenoxy) is 2. The summed E-state index contributed by atoms with van der Waals surface area (Å²) in [6, 6.07) is 16.0. The number of hydrogen-bond donors (Lipinski definition) is 2. The van der Waals surface area contributed by atoms with Crippen LogP contribution in [-0.2, 0) is 17.9 Å². The van der Waals surface area contributed by atoms with Crippen LogP contribution in [0.4, 0.5) is 0 Å². The molecule has 2 aliphatic rings. The molecule has 1 atom stereocenters. The van der Waals surface area contributed by atoms with E-state index in [9.17, 15) is 4.79 Å². The van der Waals surface area contributed by atoms with Crippen molar-refractivity contribution < 1.29 is 14.3 Å². The molecule has 0 radical (unpaired) electrons. The van der Waals surface area contributed by atoms with Crippen LogP contribution in [0.5, 0.6) is 11.5 Å². The second kappa shape index (κ2) is 9.52. The summed E-state index contributed by atoms with van der Waals surface area (Å²) in [6.45, 7) is 3.27. The van der Waals surface area contributed by atoms with Crippen LogP contribution in [-0.4, -0.2) is 49.6 Å². The summed E-state index contributed by atoms with van der Waals surface area (Å²) in [5, 5.41) is 6.64. The minimum atomic E-state index is -0.0835. The Morgan fingerprint density at radius 3 is 2.77 bits per heavy atom. The van der Waals surface area contributed by atoms with Crippen molar-refractivity contribution in [3.05, 3.63) is 59.7 Å². The van der Waals surface area contributed by atoms with Crippen LogP contribution in [0.25, 0.3) is 0 Å². The van der Waals surface area contributed by atoms with Gasteiger partial charge in [-0.15, -0.1) is 0 Å². The van der Waals surface area contributed by atoms with Crippen LogP contribution in [0.15, 0.2) is 53.5 Å². The summed E-state index contributed by atoms with van der Waals surface area (Å²) in [5.74, 6) is 2.51. The highest BCUT2D eigenvalue weighted by atomic mass is 16.6. The number of nitrogens with zero attached hydrogens (tertiary/aromatic N) is 2. The number of aliphatic imine (C=N–C) groups is 1. The van der Waals surface area contributed by atoms with Gasteiger partial charge in [0, 0.05) is 33.1 Å². The molecule has 0 saturated carbocycles. The van der Waals surface area contributed by atoms with Crippen LogP contribution in [0.2, 0.25) is 0 Å². The zero-order valence-corrected chi connectivity index (χ0v) is 17.3. The second-order valence-electron chi connectivity index (χ2n) is 7.54. The molecule has 0 bridgehead atoms. The average molecular weight is 409 g/mol. The smallest absolute Gasteiger partial charge is 0.222 e. The molecule has 1 amide bonds. The largest absolute Gasteiger partial charge is 0.486 e. The van der Waals surface area contributed by atoms with E-state index in [-0.39, 0.29) is 12.0 Å². The Labute approximate surface area is 177 Å². The molecule has 0 spiro atoms. The molecule has 1 unspecified atom stereocenters. The molecule has 2 aromatic rings. The molecule has 2 aliphatic heterocycles. The molecule has 0 aliphatic carbocycles. The number of carbonyl (C=O) groups excluding carboxylic acids is 1. The first-order valence-corrected chi connectivity index (χ1v) is 10.4. The van der Waals surface area contributed by atoms with Gasteiger partial charge in [0.1, 0.15) is 12.7 Å². The maximum atomic E-state index is 11.9. The Hall–Kier alpha value is -3.22. The maximum Gasteiger partial charge on any atom is 0.222 e. The molecule has 0 aromatic heterocycles. The van der Waals surface area contributed by atoms with E-state index in [4.69, 9.17) is 9.47 Å².